The van der Waals surface area contributed by atoms with Crippen LogP contribution in [0.1, 0.15) is 29.2 Å². The summed E-state index contributed by atoms with van der Waals surface area (Å²) < 4.78 is 29.7. The Labute approximate surface area is 170 Å². The highest BCUT2D eigenvalue weighted by molar-refractivity contribution is 7.92. The van der Waals surface area contributed by atoms with E-state index in [2.05, 4.69) is 14.3 Å². The number of amides is 1. The SMILES string of the molecule is O=C(c1cccc(NS(=O)(=O)c2ccccc2)c1)N1CCC(n2ccnc2)CC1. The average molecular weight is 410 g/mol. The summed E-state index contributed by atoms with van der Waals surface area (Å²) in [5.41, 5.74) is 0.840. The maximum atomic E-state index is 12.9. The molecule has 2 aromatic carbocycles. The molecule has 1 aliphatic rings. The van der Waals surface area contributed by atoms with Gasteiger partial charge in [-0.05, 0) is 43.2 Å². The second-order valence-corrected chi connectivity index (χ2v) is 8.72. The maximum absolute atomic E-state index is 12.9. The van der Waals surface area contributed by atoms with E-state index < -0.39 is 10.0 Å². The van der Waals surface area contributed by atoms with Crippen LogP contribution in [0.15, 0.2) is 78.2 Å². The Kier molecular flexibility index (Phi) is 5.35. The molecule has 1 aromatic heterocycles. The third kappa shape index (κ3) is 4.32. The minimum Gasteiger partial charge on any atom is -0.338 e. The highest BCUT2D eigenvalue weighted by Crippen LogP contribution is 2.24. The molecule has 1 fully saturated rings. The summed E-state index contributed by atoms with van der Waals surface area (Å²) in [4.78, 5) is 19.0. The van der Waals surface area contributed by atoms with Gasteiger partial charge in [-0.2, -0.15) is 0 Å². The van der Waals surface area contributed by atoms with Crippen molar-refractivity contribution in [3.8, 4) is 0 Å². The zero-order chi connectivity index (χ0) is 20.3. The van der Waals surface area contributed by atoms with Crippen molar-refractivity contribution in [1.82, 2.24) is 14.5 Å². The predicted octanol–water partition coefficient (Wildman–Crippen LogP) is 3.16. The zero-order valence-corrected chi connectivity index (χ0v) is 16.6. The summed E-state index contributed by atoms with van der Waals surface area (Å²) in [6, 6.07) is 15.1. The number of piperidine rings is 1. The summed E-state index contributed by atoms with van der Waals surface area (Å²) in [5, 5.41) is 0. The molecular weight excluding hydrogens is 388 g/mol. The highest BCUT2D eigenvalue weighted by atomic mass is 32.2. The van der Waals surface area contributed by atoms with E-state index in [-0.39, 0.29) is 10.8 Å². The lowest BCUT2D eigenvalue weighted by Gasteiger charge is -2.32. The molecule has 0 spiro atoms. The number of rotatable bonds is 5. The Morgan fingerprint density at radius 2 is 1.79 bits per heavy atom. The molecule has 1 aliphatic heterocycles. The van der Waals surface area contributed by atoms with Crippen LogP contribution in [0, 0.1) is 0 Å². The van der Waals surface area contributed by atoms with E-state index >= 15 is 0 Å². The van der Waals surface area contributed by atoms with Gasteiger partial charge in [0.15, 0.2) is 0 Å². The number of nitrogens with zero attached hydrogens (tertiary/aromatic N) is 3. The van der Waals surface area contributed by atoms with E-state index in [1.54, 1.807) is 48.7 Å². The monoisotopic (exact) mass is 410 g/mol. The predicted molar refractivity (Wildman–Crippen MR) is 110 cm³/mol. The van der Waals surface area contributed by atoms with Crippen LogP contribution in [0.25, 0.3) is 0 Å². The molecule has 3 aromatic rings. The maximum Gasteiger partial charge on any atom is 0.261 e. The summed E-state index contributed by atoms with van der Waals surface area (Å²) in [6.07, 6.45) is 7.25. The Morgan fingerprint density at radius 3 is 2.48 bits per heavy atom. The van der Waals surface area contributed by atoms with E-state index in [1.807, 2.05) is 17.4 Å². The molecule has 2 heterocycles. The van der Waals surface area contributed by atoms with Crippen LogP contribution in [0.3, 0.4) is 0 Å². The van der Waals surface area contributed by atoms with Crippen molar-refractivity contribution in [2.75, 3.05) is 17.8 Å². The molecule has 0 aliphatic carbocycles. The Morgan fingerprint density at radius 1 is 1.03 bits per heavy atom. The quantitative estimate of drug-likeness (QED) is 0.700. The van der Waals surface area contributed by atoms with Gasteiger partial charge >= 0.3 is 0 Å². The van der Waals surface area contributed by atoms with E-state index in [0.717, 1.165) is 12.8 Å². The number of sulfonamides is 1. The number of nitrogens with one attached hydrogen (secondary N) is 1. The highest BCUT2D eigenvalue weighted by Gasteiger charge is 2.24. The molecule has 150 valence electrons. The summed E-state index contributed by atoms with van der Waals surface area (Å²) in [7, 11) is -3.70. The van der Waals surface area contributed by atoms with Crippen LogP contribution in [0.5, 0.6) is 0 Å². The normalized spacial score (nSPS) is 15.2. The summed E-state index contributed by atoms with van der Waals surface area (Å²) >= 11 is 0. The molecule has 29 heavy (non-hydrogen) atoms. The van der Waals surface area contributed by atoms with Gasteiger partial charge in [-0.1, -0.05) is 24.3 Å². The molecule has 1 N–H and O–H groups in total. The van der Waals surface area contributed by atoms with Gasteiger partial charge in [0.2, 0.25) is 0 Å². The fourth-order valence-corrected chi connectivity index (χ4v) is 4.64. The third-order valence-corrected chi connectivity index (χ3v) is 6.51. The van der Waals surface area contributed by atoms with Crippen LogP contribution >= 0.6 is 0 Å². The van der Waals surface area contributed by atoms with E-state index in [9.17, 15) is 13.2 Å². The number of carbonyl (C=O) groups is 1. The van der Waals surface area contributed by atoms with Gasteiger partial charge in [-0.15, -0.1) is 0 Å². The first-order chi connectivity index (χ1) is 14.0. The van der Waals surface area contributed by atoms with Gasteiger partial charge in [0.1, 0.15) is 0 Å². The van der Waals surface area contributed by atoms with Gasteiger partial charge in [-0.3, -0.25) is 9.52 Å². The number of anilines is 1. The molecule has 8 heteroatoms. The second kappa shape index (κ2) is 8.08. The standard InChI is InChI=1S/C21H22N4O3S/c26-21(24-12-9-19(10-13-24)25-14-11-22-16-25)17-5-4-6-18(15-17)23-29(27,28)20-7-2-1-3-8-20/h1-8,11,14-16,19,23H,9-10,12-13H2. The van der Waals surface area contributed by atoms with Gasteiger partial charge in [-0.25, -0.2) is 13.4 Å². The topological polar surface area (TPSA) is 84.3 Å². The molecule has 0 bridgehead atoms. The smallest absolute Gasteiger partial charge is 0.261 e. The molecule has 7 nitrogen and oxygen atoms in total. The van der Waals surface area contributed by atoms with Gasteiger partial charge in [0.25, 0.3) is 15.9 Å². The molecule has 0 unspecified atom stereocenters. The lowest BCUT2D eigenvalue weighted by Crippen LogP contribution is -2.38. The van der Waals surface area contributed by atoms with Crippen LogP contribution < -0.4 is 4.72 Å². The van der Waals surface area contributed by atoms with Crippen molar-refractivity contribution in [3.05, 3.63) is 78.9 Å². The minimum atomic E-state index is -3.70. The lowest BCUT2D eigenvalue weighted by molar-refractivity contribution is 0.0694. The van der Waals surface area contributed by atoms with E-state index in [4.69, 9.17) is 0 Å². The first-order valence-corrected chi connectivity index (χ1v) is 11.0. The second-order valence-electron chi connectivity index (χ2n) is 7.03. The van der Waals surface area contributed by atoms with Gasteiger partial charge in [0.05, 0.1) is 11.2 Å². The molecule has 0 radical (unpaired) electrons. The zero-order valence-electron chi connectivity index (χ0n) is 15.8. The average Bonchev–Trinajstić information content (AvgIpc) is 3.29. The van der Waals surface area contributed by atoms with Gasteiger partial charge < -0.3 is 9.47 Å². The molecule has 4 rings (SSSR count). The number of likely N-dealkylation sites (tertiary alicyclic amines) is 1. The van der Waals surface area contributed by atoms with Crippen LogP contribution in [-0.2, 0) is 10.0 Å². The van der Waals surface area contributed by atoms with Crippen molar-refractivity contribution in [2.24, 2.45) is 0 Å². The Bertz CT molecular complexity index is 1070. The van der Waals surface area contributed by atoms with Gasteiger partial charge in [0, 0.05) is 42.8 Å². The van der Waals surface area contributed by atoms with Crippen LogP contribution in [0.4, 0.5) is 5.69 Å². The fourth-order valence-electron chi connectivity index (χ4n) is 3.56. The van der Waals surface area contributed by atoms with Crippen molar-refractivity contribution in [3.63, 3.8) is 0 Å². The number of hydrogen-bond acceptors (Lipinski definition) is 4. The van der Waals surface area contributed by atoms with Crippen molar-refractivity contribution in [1.29, 1.82) is 0 Å². The number of aromatic nitrogens is 2. The van der Waals surface area contributed by atoms with Crippen molar-refractivity contribution >= 4 is 21.6 Å². The number of hydrogen-bond donors (Lipinski definition) is 1. The number of imidazole rings is 1. The van der Waals surface area contributed by atoms with E-state index in [1.165, 1.54) is 12.1 Å². The van der Waals surface area contributed by atoms with Crippen LogP contribution in [-0.4, -0.2) is 41.9 Å². The largest absolute Gasteiger partial charge is 0.338 e. The lowest BCUT2D eigenvalue weighted by atomic mass is 10.0. The summed E-state index contributed by atoms with van der Waals surface area (Å²) in [6.45, 7) is 1.31. The molecular formula is C21H22N4O3S. The first-order valence-electron chi connectivity index (χ1n) is 9.47. The number of benzene rings is 2. The summed E-state index contributed by atoms with van der Waals surface area (Å²) in [5.74, 6) is -0.0881. The Hall–Kier alpha value is -3.13. The first kappa shape index (κ1) is 19.2. The minimum absolute atomic E-state index is 0.0881. The molecule has 0 saturated carbocycles. The van der Waals surface area contributed by atoms with E-state index in [0.29, 0.717) is 30.4 Å². The fraction of sp³-hybridized carbons (Fsp3) is 0.238. The van der Waals surface area contributed by atoms with Crippen molar-refractivity contribution in [2.45, 2.75) is 23.8 Å². The van der Waals surface area contributed by atoms with Crippen molar-refractivity contribution < 1.29 is 13.2 Å². The molecule has 1 saturated heterocycles. The molecule has 0 atom stereocenters. The Balaban J connectivity index is 1.44. The number of carbonyl (C=O) groups excluding carboxylic acids is 1. The van der Waals surface area contributed by atoms with Crippen LogP contribution in [0.2, 0.25) is 0 Å². The molecule has 1 amide bonds. The third-order valence-electron chi connectivity index (χ3n) is 5.11.